The monoisotopic (exact) mass is 394 g/mol. The number of anilines is 2. The Hall–Kier alpha value is -3.09. The van der Waals surface area contributed by atoms with Gasteiger partial charge in [0, 0.05) is 43.5 Å². The van der Waals surface area contributed by atoms with Crippen molar-refractivity contribution in [1.29, 1.82) is 0 Å². The number of ether oxygens (including phenoxy) is 1. The van der Waals surface area contributed by atoms with E-state index in [0.717, 1.165) is 37.3 Å². The maximum absolute atomic E-state index is 12.1. The number of carbonyl (C=O) groups is 2. The van der Waals surface area contributed by atoms with E-state index in [9.17, 15) is 9.59 Å². The predicted octanol–water partition coefficient (Wildman–Crippen LogP) is 2.73. The Morgan fingerprint density at radius 2 is 1.97 bits per heavy atom. The number of amides is 2. The third-order valence-corrected chi connectivity index (χ3v) is 5.15. The van der Waals surface area contributed by atoms with Gasteiger partial charge in [-0.2, -0.15) is 0 Å². The molecule has 0 atom stereocenters. The van der Waals surface area contributed by atoms with E-state index in [-0.39, 0.29) is 24.3 Å². The lowest BCUT2D eigenvalue weighted by Crippen LogP contribution is -2.28. The number of pyridine rings is 1. The largest absolute Gasteiger partial charge is 0.484 e. The van der Waals surface area contributed by atoms with Gasteiger partial charge in [0.15, 0.2) is 6.61 Å². The van der Waals surface area contributed by atoms with Gasteiger partial charge >= 0.3 is 0 Å². The molecule has 1 aliphatic heterocycles. The van der Waals surface area contributed by atoms with E-state index < -0.39 is 0 Å². The topological polar surface area (TPSA) is 83.6 Å². The molecule has 29 heavy (non-hydrogen) atoms. The first-order chi connectivity index (χ1) is 14.2. The van der Waals surface area contributed by atoms with Gasteiger partial charge in [-0.3, -0.25) is 9.59 Å². The van der Waals surface area contributed by atoms with E-state index >= 15 is 0 Å². The van der Waals surface area contributed by atoms with Crippen molar-refractivity contribution >= 4 is 23.3 Å². The Labute approximate surface area is 170 Å². The van der Waals surface area contributed by atoms with Gasteiger partial charge in [0.1, 0.15) is 11.6 Å². The second kappa shape index (κ2) is 8.94. The Morgan fingerprint density at radius 1 is 1.14 bits per heavy atom. The second-order valence-electron chi connectivity index (χ2n) is 7.58. The fourth-order valence-corrected chi connectivity index (χ4v) is 3.31. The van der Waals surface area contributed by atoms with Gasteiger partial charge < -0.3 is 20.3 Å². The summed E-state index contributed by atoms with van der Waals surface area (Å²) in [6.45, 7) is 2.45. The quantitative estimate of drug-likeness (QED) is 0.719. The molecule has 1 saturated carbocycles. The zero-order valence-electron chi connectivity index (χ0n) is 16.4. The maximum Gasteiger partial charge on any atom is 0.258 e. The molecule has 152 valence electrons. The predicted molar refractivity (Wildman–Crippen MR) is 111 cm³/mol. The van der Waals surface area contributed by atoms with E-state index in [4.69, 9.17) is 4.74 Å². The first-order valence-electron chi connectivity index (χ1n) is 10.2. The molecule has 2 aromatic rings. The molecule has 2 fully saturated rings. The summed E-state index contributed by atoms with van der Waals surface area (Å²) in [4.78, 5) is 30.7. The average molecular weight is 394 g/mol. The van der Waals surface area contributed by atoms with Gasteiger partial charge in [-0.15, -0.1) is 0 Å². The molecular formula is C22H26N4O3. The molecular weight excluding hydrogens is 368 g/mol. The van der Waals surface area contributed by atoms with E-state index in [2.05, 4.69) is 20.5 Å². The molecule has 0 spiro atoms. The molecule has 2 amide bonds. The van der Waals surface area contributed by atoms with Crippen LogP contribution in [0.3, 0.4) is 0 Å². The van der Waals surface area contributed by atoms with Crippen LogP contribution in [0, 0.1) is 5.92 Å². The summed E-state index contributed by atoms with van der Waals surface area (Å²) < 4.78 is 5.56. The molecule has 0 bridgehead atoms. The summed E-state index contributed by atoms with van der Waals surface area (Å²) in [5, 5.41) is 5.71. The molecule has 1 aromatic carbocycles. The highest BCUT2D eigenvalue weighted by molar-refractivity contribution is 5.94. The van der Waals surface area contributed by atoms with Gasteiger partial charge in [0.05, 0.1) is 0 Å². The molecule has 2 aliphatic rings. The number of nitrogens with zero attached hydrogens (tertiary/aromatic N) is 2. The van der Waals surface area contributed by atoms with Crippen LogP contribution in [0.1, 0.15) is 31.2 Å². The van der Waals surface area contributed by atoms with Crippen LogP contribution in [0.15, 0.2) is 42.6 Å². The van der Waals surface area contributed by atoms with Crippen LogP contribution in [0.4, 0.5) is 11.5 Å². The maximum atomic E-state index is 12.1. The fourth-order valence-electron chi connectivity index (χ4n) is 3.31. The van der Waals surface area contributed by atoms with Gasteiger partial charge in [-0.05, 0) is 49.4 Å². The molecule has 1 aromatic heterocycles. The van der Waals surface area contributed by atoms with Crippen molar-refractivity contribution in [3.05, 3.63) is 48.2 Å². The number of rotatable bonds is 8. The van der Waals surface area contributed by atoms with E-state index in [0.29, 0.717) is 18.0 Å². The van der Waals surface area contributed by atoms with Crippen LogP contribution in [-0.4, -0.2) is 36.5 Å². The first-order valence-corrected chi connectivity index (χ1v) is 10.2. The zero-order valence-corrected chi connectivity index (χ0v) is 16.4. The average Bonchev–Trinajstić information content (AvgIpc) is 3.46. The fraction of sp³-hybridized carbons (Fsp3) is 0.409. The number of hydrogen-bond acceptors (Lipinski definition) is 5. The van der Waals surface area contributed by atoms with E-state index in [1.54, 1.807) is 24.4 Å². The van der Waals surface area contributed by atoms with Crippen molar-refractivity contribution < 1.29 is 14.3 Å². The molecule has 2 heterocycles. The third-order valence-electron chi connectivity index (χ3n) is 5.15. The smallest absolute Gasteiger partial charge is 0.258 e. The van der Waals surface area contributed by atoms with Crippen LogP contribution < -0.4 is 20.3 Å². The minimum Gasteiger partial charge on any atom is -0.484 e. The van der Waals surface area contributed by atoms with Crippen LogP contribution in [0.2, 0.25) is 0 Å². The molecule has 2 N–H and O–H groups in total. The van der Waals surface area contributed by atoms with Crippen molar-refractivity contribution in [1.82, 2.24) is 10.3 Å². The van der Waals surface area contributed by atoms with Crippen LogP contribution in [0.25, 0.3) is 0 Å². The standard InChI is InChI=1S/C22H26N4O3/c27-21(24-14-16-6-9-20(23-13-16)26-10-1-2-11-26)15-29-19-5-3-4-18(12-19)25-22(28)17-7-8-17/h3-6,9,12-13,17H,1-2,7-8,10-11,14-15H2,(H,24,27)(H,25,28). The first kappa shape index (κ1) is 19.2. The summed E-state index contributed by atoms with van der Waals surface area (Å²) in [5.41, 5.74) is 1.63. The minimum absolute atomic E-state index is 0.0456. The van der Waals surface area contributed by atoms with Crippen LogP contribution in [0.5, 0.6) is 5.75 Å². The highest BCUT2D eigenvalue weighted by Crippen LogP contribution is 2.30. The van der Waals surface area contributed by atoms with Crippen molar-refractivity contribution in [2.24, 2.45) is 5.92 Å². The molecule has 0 radical (unpaired) electrons. The lowest BCUT2D eigenvalue weighted by Gasteiger charge is -2.16. The molecule has 1 aliphatic carbocycles. The van der Waals surface area contributed by atoms with Gasteiger partial charge in [0.2, 0.25) is 5.91 Å². The zero-order chi connectivity index (χ0) is 20.1. The van der Waals surface area contributed by atoms with Crippen molar-refractivity contribution in [3.8, 4) is 5.75 Å². The Bertz CT molecular complexity index is 859. The van der Waals surface area contributed by atoms with E-state index in [1.807, 2.05) is 18.2 Å². The number of hydrogen-bond donors (Lipinski definition) is 2. The van der Waals surface area contributed by atoms with Crippen molar-refractivity contribution in [3.63, 3.8) is 0 Å². The van der Waals surface area contributed by atoms with Crippen molar-refractivity contribution in [2.45, 2.75) is 32.2 Å². The number of nitrogens with one attached hydrogen (secondary N) is 2. The molecule has 4 rings (SSSR count). The third kappa shape index (κ3) is 5.47. The van der Waals surface area contributed by atoms with Gasteiger partial charge in [-0.25, -0.2) is 4.98 Å². The highest BCUT2D eigenvalue weighted by atomic mass is 16.5. The summed E-state index contributed by atoms with van der Waals surface area (Å²) >= 11 is 0. The summed E-state index contributed by atoms with van der Waals surface area (Å²) in [7, 11) is 0. The summed E-state index contributed by atoms with van der Waals surface area (Å²) in [6.07, 6.45) is 6.16. The molecule has 7 nitrogen and oxygen atoms in total. The SMILES string of the molecule is O=C(COc1cccc(NC(=O)C2CC2)c1)NCc1ccc(N2CCCC2)nc1. The summed E-state index contributed by atoms with van der Waals surface area (Å²) in [6, 6.07) is 11.1. The molecule has 1 saturated heterocycles. The van der Waals surface area contributed by atoms with Gasteiger partial charge in [-0.1, -0.05) is 12.1 Å². The van der Waals surface area contributed by atoms with Crippen LogP contribution in [-0.2, 0) is 16.1 Å². The lowest BCUT2D eigenvalue weighted by molar-refractivity contribution is -0.123. The molecule has 7 heteroatoms. The Kier molecular flexibility index (Phi) is 5.93. The number of carbonyl (C=O) groups excluding carboxylic acids is 2. The minimum atomic E-state index is -0.207. The number of aromatic nitrogens is 1. The molecule has 0 unspecified atom stereocenters. The van der Waals surface area contributed by atoms with Crippen LogP contribution >= 0.6 is 0 Å². The Balaban J connectivity index is 1.21. The number of benzene rings is 1. The lowest BCUT2D eigenvalue weighted by atomic mass is 10.2. The highest BCUT2D eigenvalue weighted by Gasteiger charge is 2.29. The Morgan fingerprint density at radius 3 is 2.69 bits per heavy atom. The van der Waals surface area contributed by atoms with Crippen molar-refractivity contribution in [2.75, 3.05) is 29.9 Å². The van der Waals surface area contributed by atoms with E-state index in [1.165, 1.54) is 12.8 Å². The normalized spacial score (nSPS) is 15.8. The summed E-state index contributed by atoms with van der Waals surface area (Å²) in [5.74, 6) is 1.52. The van der Waals surface area contributed by atoms with Gasteiger partial charge in [0.25, 0.3) is 5.91 Å². The second-order valence-corrected chi connectivity index (χ2v) is 7.58.